The van der Waals surface area contributed by atoms with Gasteiger partial charge in [-0.15, -0.1) is 11.3 Å². The highest BCUT2D eigenvalue weighted by atomic mass is 32.1. The van der Waals surface area contributed by atoms with E-state index in [1.165, 1.54) is 11.3 Å². The van der Waals surface area contributed by atoms with Gasteiger partial charge in [-0.3, -0.25) is 0 Å². The van der Waals surface area contributed by atoms with Gasteiger partial charge in [-0.25, -0.2) is 19.4 Å². The molecule has 0 aliphatic rings. The second-order valence-electron chi connectivity index (χ2n) is 5.88. The van der Waals surface area contributed by atoms with Crippen LogP contribution >= 0.6 is 11.3 Å². The predicted molar refractivity (Wildman–Crippen MR) is 85.8 cm³/mol. The van der Waals surface area contributed by atoms with Gasteiger partial charge in [0.1, 0.15) is 23.3 Å². The van der Waals surface area contributed by atoms with Crippen LogP contribution in [0, 0.1) is 6.92 Å². The van der Waals surface area contributed by atoms with Gasteiger partial charge in [-0.05, 0) is 27.7 Å². The van der Waals surface area contributed by atoms with Crippen LogP contribution in [-0.4, -0.2) is 46.4 Å². The van der Waals surface area contributed by atoms with Crippen molar-refractivity contribution in [2.75, 3.05) is 6.54 Å². The zero-order valence-electron chi connectivity index (χ0n) is 13.9. The number of carboxylic acids is 1. The molecule has 3 N–H and O–H groups in total. The van der Waals surface area contributed by atoms with Gasteiger partial charge in [0.2, 0.25) is 0 Å². The minimum atomic E-state index is -1.34. The van der Waals surface area contributed by atoms with Crippen molar-refractivity contribution < 1.29 is 29.0 Å². The highest BCUT2D eigenvalue weighted by Crippen LogP contribution is 2.09. The van der Waals surface area contributed by atoms with Gasteiger partial charge in [0, 0.05) is 11.1 Å². The van der Waals surface area contributed by atoms with E-state index in [2.05, 4.69) is 15.6 Å². The Balaban J connectivity index is 2.43. The lowest BCUT2D eigenvalue weighted by Crippen LogP contribution is -2.49. The topological polar surface area (TPSA) is 127 Å². The standard InChI is InChI=1S/C14H21N3O6S/c1-8-7-24-10(16-8)6-22-13(21)17-9(11(18)19)5-15-12(20)23-14(2,3)4/h7,9H,5-6H2,1-4H3,(H,15,20)(H,17,21)(H,18,19). The van der Waals surface area contributed by atoms with Gasteiger partial charge in [0.25, 0.3) is 0 Å². The summed E-state index contributed by atoms with van der Waals surface area (Å²) >= 11 is 1.33. The highest BCUT2D eigenvalue weighted by molar-refractivity contribution is 7.09. The van der Waals surface area contributed by atoms with Crippen molar-refractivity contribution in [2.24, 2.45) is 0 Å². The summed E-state index contributed by atoms with van der Waals surface area (Å²) in [4.78, 5) is 38.4. The number of aryl methyl sites for hydroxylation is 1. The van der Waals surface area contributed by atoms with Crippen LogP contribution in [-0.2, 0) is 20.9 Å². The van der Waals surface area contributed by atoms with Crippen LogP contribution in [0.3, 0.4) is 0 Å². The Bertz CT molecular complexity index is 596. The molecule has 0 radical (unpaired) electrons. The molecule has 24 heavy (non-hydrogen) atoms. The van der Waals surface area contributed by atoms with Crippen LogP contribution in [0.5, 0.6) is 0 Å². The molecular formula is C14H21N3O6S. The molecule has 0 saturated heterocycles. The molecule has 134 valence electrons. The summed E-state index contributed by atoms with van der Waals surface area (Å²) in [6.45, 7) is 6.44. The van der Waals surface area contributed by atoms with Crippen molar-refractivity contribution in [3.63, 3.8) is 0 Å². The third-order valence-electron chi connectivity index (χ3n) is 2.43. The summed E-state index contributed by atoms with van der Waals surface area (Å²) in [7, 11) is 0. The Morgan fingerprint density at radius 1 is 1.33 bits per heavy atom. The number of amides is 2. The molecule has 0 aliphatic carbocycles. The minimum Gasteiger partial charge on any atom is -0.480 e. The maximum Gasteiger partial charge on any atom is 0.408 e. The van der Waals surface area contributed by atoms with Gasteiger partial charge < -0.3 is 25.2 Å². The maximum absolute atomic E-state index is 11.6. The second kappa shape index (κ2) is 8.48. The van der Waals surface area contributed by atoms with Gasteiger partial charge in [0.05, 0.1) is 6.54 Å². The van der Waals surface area contributed by atoms with E-state index >= 15 is 0 Å². The number of rotatable bonds is 6. The lowest BCUT2D eigenvalue weighted by molar-refractivity contribution is -0.139. The molecular weight excluding hydrogens is 338 g/mol. The number of hydrogen-bond acceptors (Lipinski definition) is 7. The van der Waals surface area contributed by atoms with E-state index in [1.807, 2.05) is 6.92 Å². The quantitative estimate of drug-likeness (QED) is 0.705. The van der Waals surface area contributed by atoms with Gasteiger partial charge in [-0.2, -0.15) is 0 Å². The Morgan fingerprint density at radius 3 is 2.50 bits per heavy atom. The normalized spacial score (nSPS) is 12.2. The predicted octanol–water partition coefficient (Wildman–Crippen LogP) is 1.66. The van der Waals surface area contributed by atoms with Crippen molar-refractivity contribution >= 4 is 29.5 Å². The molecule has 1 atom stereocenters. The number of thiazole rings is 1. The minimum absolute atomic E-state index is 0.0594. The van der Waals surface area contributed by atoms with Crippen molar-refractivity contribution in [2.45, 2.75) is 45.9 Å². The molecule has 0 bridgehead atoms. The number of carboxylic acid groups (broad SMARTS) is 1. The Hall–Kier alpha value is -2.36. The number of ether oxygens (including phenoxy) is 2. The fraction of sp³-hybridized carbons (Fsp3) is 0.571. The lowest BCUT2D eigenvalue weighted by Gasteiger charge is -2.21. The molecule has 0 aliphatic heterocycles. The van der Waals surface area contributed by atoms with Crippen molar-refractivity contribution in [3.8, 4) is 0 Å². The number of alkyl carbamates (subject to hydrolysis) is 2. The molecule has 1 rings (SSSR count). The van der Waals surface area contributed by atoms with Crippen LogP contribution in [0.1, 0.15) is 31.5 Å². The smallest absolute Gasteiger partial charge is 0.408 e. The number of aliphatic carboxylic acids is 1. The van der Waals surface area contributed by atoms with Crippen LogP contribution in [0.4, 0.5) is 9.59 Å². The molecule has 9 nitrogen and oxygen atoms in total. The molecule has 0 spiro atoms. The number of nitrogens with zero attached hydrogens (tertiary/aromatic N) is 1. The molecule has 0 aromatic carbocycles. The fourth-order valence-corrected chi connectivity index (χ4v) is 2.16. The number of carbonyl (C=O) groups is 3. The first-order valence-corrected chi connectivity index (χ1v) is 7.99. The summed E-state index contributed by atoms with van der Waals surface area (Å²) in [6, 6.07) is -1.34. The van der Waals surface area contributed by atoms with E-state index in [1.54, 1.807) is 26.2 Å². The third kappa shape index (κ3) is 7.77. The van der Waals surface area contributed by atoms with Crippen LogP contribution in [0.25, 0.3) is 0 Å². The zero-order valence-corrected chi connectivity index (χ0v) is 14.7. The first kappa shape index (κ1) is 19.7. The lowest BCUT2D eigenvalue weighted by atomic mass is 10.2. The van der Waals surface area contributed by atoms with Crippen molar-refractivity contribution in [3.05, 3.63) is 16.1 Å². The number of nitrogens with one attached hydrogen (secondary N) is 2. The van der Waals surface area contributed by atoms with Gasteiger partial charge in [-0.1, -0.05) is 0 Å². The van der Waals surface area contributed by atoms with E-state index in [9.17, 15) is 14.4 Å². The molecule has 1 aromatic heterocycles. The average molecular weight is 359 g/mol. The first-order chi connectivity index (χ1) is 11.1. The Labute approximate surface area is 143 Å². The van der Waals surface area contributed by atoms with E-state index in [0.717, 1.165) is 5.69 Å². The molecule has 2 amide bonds. The van der Waals surface area contributed by atoms with Gasteiger partial charge >= 0.3 is 18.2 Å². The van der Waals surface area contributed by atoms with Crippen LogP contribution in [0.2, 0.25) is 0 Å². The molecule has 1 heterocycles. The van der Waals surface area contributed by atoms with Crippen molar-refractivity contribution in [1.29, 1.82) is 0 Å². The largest absolute Gasteiger partial charge is 0.480 e. The summed E-state index contributed by atoms with van der Waals surface area (Å²) in [5.74, 6) is -1.31. The highest BCUT2D eigenvalue weighted by Gasteiger charge is 2.23. The first-order valence-electron chi connectivity index (χ1n) is 7.11. The second-order valence-corrected chi connectivity index (χ2v) is 6.82. The monoisotopic (exact) mass is 359 g/mol. The molecule has 1 unspecified atom stereocenters. The summed E-state index contributed by atoms with van der Waals surface area (Å²) < 4.78 is 9.89. The van der Waals surface area contributed by atoms with Crippen LogP contribution < -0.4 is 10.6 Å². The number of hydrogen-bond donors (Lipinski definition) is 3. The van der Waals surface area contributed by atoms with Crippen LogP contribution in [0.15, 0.2) is 5.38 Å². The van der Waals surface area contributed by atoms with E-state index in [-0.39, 0.29) is 13.2 Å². The Kier molecular flexibility index (Phi) is 6.96. The Morgan fingerprint density at radius 2 is 2.00 bits per heavy atom. The number of aromatic nitrogens is 1. The zero-order chi connectivity index (χ0) is 18.3. The number of carbonyl (C=O) groups excluding carboxylic acids is 2. The van der Waals surface area contributed by atoms with E-state index < -0.39 is 29.8 Å². The summed E-state index contributed by atoms with van der Waals surface area (Å²) in [6.07, 6.45) is -1.69. The molecule has 0 fully saturated rings. The molecule has 1 aromatic rings. The van der Waals surface area contributed by atoms with E-state index in [4.69, 9.17) is 14.6 Å². The molecule has 0 saturated carbocycles. The summed E-state index contributed by atoms with van der Waals surface area (Å²) in [5.41, 5.74) is 0.102. The fourth-order valence-electron chi connectivity index (χ4n) is 1.48. The molecule has 10 heteroatoms. The van der Waals surface area contributed by atoms with Gasteiger partial charge in [0.15, 0.2) is 0 Å². The summed E-state index contributed by atoms with van der Waals surface area (Å²) in [5, 5.41) is 15.9. The SMILES string of the molecule is Cc1csc(COC(=O)NC(CNC(=O)OC(C)(C)C)C(=O)O)n1. The van der Waals surface area contributed by atoms with E-state index in [0.29, 0.717) is 5.01 Å². The average Bonchev–Trinajstić information content (AvgIpc) is 2.84. The maximum atomic E-state index is 11.6. The third-order valence-corrected chi connectivity index (χ3v) is 3.37. The van der Waals surface area contributed by atoms with Crippen molar-refractivity contribution in [1.82, 2.24) is 15.6 Å².